The molecule has 0 heterocycles. The van der Waals surface area contributed by atoms with Crippen molar-refractivity contribution in [2.75, 3.05) is 0 Å². The van der Waals surface area contributed by atoms with Gasteiger partial charge in [-0.1, -0.05) is 41.9 Å². The third kappa shape index (κ3) is 6.02. The Kier molecular flexibility index (Phi) is 6.45. The van der Waals surface area contributed by atoms with E-state index in [0.29, 0.717) is 6.42 Å². The predicted octanol–water partition coefficient (Wildman–Crippen LogP) is 3.08. The second kappa shape index (κ2) is 7.85. The molecule has 20 heavy (non-hydrogen) atoms. The van der Waals surface area contributed by atoms with Gasteiger partial charge in [-0.15, -0.1) is 0 Å². The van der Waals surface area contributed by atoms with E-state index in [1.165, 1.54) is 6.08 Å². The first-order valence-electron chi connectivity index (χ1n) is 6.35. The summed E-state index contributed by atoms with van der Waals surface area (Å²) in [4.78, 5) is 22.7. The molecule has 0 radical (unpaired) electrons. The SMILES string of the molecule is CC(C)C[C@@H](NC(=O)C=Cc1ccc(Br)cc1)C(=O)O. The van der Waals surface area contributed by atoms with E-state index in [0.717, 1.165) is 10.0 Å². The molecule has 0 aliphatic heterocycles. The number of carboxylic acid groups (broad SMARTS) is 1. The summed E-state index contributed by atoms with van der Waals surface area (Å²) in [6.45, 7) is 3.83. The molecule has 0 bridgehead atoms. The van der Waals surface area contributed by atoms with Crippen LogP contribution in [-0.2, 0) is 9.59 Å². The van der Waals surface area contributed by atoms with E-state index in [4.69, 9.17) is 5.11 Å². The van der Waals surface area contributed by atoms with Crippen LogP contribution in [0.3, 0.4) is 0 Å². The quantitative estimate of drug-likeness (QED) is 0.782. The maximum Gasteiger partial charge on any atom is 0.326 e. The van der Waals surface area contributed by atoms with E-state index in [1.54, 1.807) is 6.08 Å². The number of carboxylic acids is 1. The van der Waals surface area contributed by atoms with Crippen molar-refractivity contribution >= 4 is 33.9 Å². The summed E-state index contributed by atoms with van der Waals surface area (Å²) in [5.41, 5.74) is 0.874. The zero-order chi connectivity index (χ0) is 15.1. The number of hydrogen-bond acceptors (Lipinski definition) is 2. The topological polar surface area (TPSA) is 66.4 Å². The lowest BCUT2D eigenvalue weighted by Gasteiger charge is -2.15. The van der Waals surface area contributed by atoms with Gasteiger partial charge in [-0.05, 0) is 36.1 Å². The molecule has 2 N–H and O–H groups in total. The molecular weight excluding hydrogens is 322 g/mol. The van der Waals surface area contributed by atoms with E-state index in [-0.39, 0.29) is 5.92 Å². The third-order valence-electron chi connectivity index (χ3n) is 2.62. The van der Waals surface area contributed by atoms with E-state index in [1.807, 2.05) is 38.1 Å². The number of carbonyl (C=O) groups excluding carboxylic acids is 1. The fourth-order valence-electron chi connectivity index (χ4n) is 1.66. The Labute approximate surface area is 127 Å². The molecule has 0 unspecified atom stereocenters. The molecule has 4 nitrogen and oxygen atoms in total. The Balaban J connectivity index is 2.61. The number of rotatable bonds is 6. The lowest BCUT2D eigenvalue weighted by Crippen LogP contribution is -2.40. The number of amides is 1. The minimum Gasteiger partial charge on any atom is -0.480 e. The van der Waals surface area contributed by atoms with Gasteiger partial charge in [0.1, 0.15) is 6.04 Å². The van der Waals surface area contributed by atoms with Crippen LogP contribution in [-0.4, -0.2) is 23.0 Å². The molecular formula is C15H18BrNO3. The van der Waals surface area contributed by atoms with Crippen molar-refractivity contribution in [3.63, 3.8) is 0 Å². The van der Waals surface area contributed by atoms with Gasteiger partial charge in [0.05, 0.1) is 0 Å². The Morgan fingerprint density at radius 3 is 2.40 bits per heavy atom. The zero-order valence-corrected chi connectivity index (χ0v) is 13.1. The van der Waals surface area contributed by atoms with Crippen molar-refractivity contribution in [3.8, 4) is 0 Å². The van der Waals surface area contributed by atoms with Crippen LogP contribution in [0.4, 0.5) is 0 Å². The average Bonchev–Trinajstić information content (AvgIpc) is 2.36. The summed E-state index contributed by atoms with van der Waals surface area (Å²) < 4.78 is 0.960. The van der Waals surface area contributed by atoms with Crippen LogP contribution >= 0.6 is 15.9 Å². The van der Waals surface area contributed by atoms with Crippen LogP contribution in [0.1, 0.15) is 25.8 Å². The van der Waals surface area contributed by atoms with Crippen molar-refractivity contribution in [2.24, 2.45) is 5.92 Å². The number of benzene rings is 1. The van der Waals surface area contributed by atoms with Crippen molar-refractivity contribution in [2.45, 2.75) is 26.3 Å². The average molecular weight is 340 g/mol. The highest BCUT2D eigenvalue weighted by Gasteiger charge is 2.19. The highest BCUT2D eigenvalue weighted by Crippen LogP contribution is 2.11. The molecule has 5 heteroatoms. The molecule has 1 rings (SSSR count). The molecule has 0 saturated heterocycles. The smallest absolute Gasteiger partial charge is 0.326 e. The molecule has 1 amide bonds. The van der Waals surface area contributed by atoms with E-state index in [2.05, 4.69) is 21.2 Å². The Morgan fingerprint density at radius 1 is 1.30 bits per heavy atom. The molecule has 108 valence electrons. The first-order chi connectivity index (χ1) is 9.38. The number of aliphatic carboxylic acids is 1. The number of hydrogen-bond donors (Lipinski definition) is 2. The number of nitrogens with one attached hydrogen (secondary N) is 1. The lowest BCUT2D eigenvalue weighted by atomic mass is 10.0. The van der Waals surface area contributed by atoms with E-state index < -0.39 is 17.9 Å². The highest BCUT2D eigenvalue weighted by molar-refractivity contribution is 9.10. The fraction of sp³-hybridized carbons (Fsp3) is 0.333. The summed E-state index contributed by atoms with van der Waals surface area (Å²) in [5.74, 6) is -1.21. The Morgan fingerprint density at radius 2 is 1.90 bits per heavy atom. The maximum absolute atomic E-state index is 11.7. The molecule has 0 aliphatic rings. The molecule has 0 aromatic heterocycles. The van der Waals surface area contributed by atoms with Crippen LogP contribution in [0.15, 0.2) is 34.8 Å². The monoisotopic (exact) mass is 339 g/mol. The van der Waals surface area contributed by atoms with Crippen LogP contribution in [0.5, 0.6) is 0 Å². The molecule has 1 aromatic carbocycles. The first kappa shape index (κ1) is 16.4. The van der Waals surface area contributed by atoms with Crippen molar-refractivity contribution in [1.82, 2.24) is 5.32 Å². The molecule has 0 aliphatic carbocycles. The van der Waals surface area contributed by atoms with Gasteiger partial charge in [0, 0.05) is 10.5 Å². The standard InChI is InChI=1S/C15H18BrNO3/c1-10(2)9-13(15(19)20)17-14(18)8-5-11-3-6-12(16)7-4-11/h3-8,10,13H,9H2,1-2H3,(H,17,18)(H,19,20)/t13-/m1/s1. The van der Waals surface area contributed by atoms with E-state index in [9.17, 15) is 9.59 Å². The van der Waals surface area contributed by atoms with Gasteiger partial charge >= 0.3 is 5.97 Å². The fourth-order valence-corrected chi connectivity index (χ4v) is 1.92. The Bertz CT molecular complexity index is 494. The van der Waals surface area contributed by atoms with Crippen molar-refractivity contribution in [3.05, 3.63) is 40.4 Å². The largest absolute Gasteiger partial charge is 0.480 e. The molecule has 1 atom stereocenters. The summed E-state index contributed by atoms with van der Waals surface area (Å²) in [7, 11) is 0. The minimum atomic E-state index is -1.01. The summed E-state index contributed by atoms with van der Waals surface area (Å²) in [6.07, 6.45) is 3.41. The van der Waals surface area contributed by atoms with Crippen LogP contribution < -0.4 is 5.32 Å². The van der Waals surface area contributed by atoms with Crippen molar-refractivity contribution < 1.29 is 14.7 Å². The van der Waals surface area contributed by atoms with E-state index >= 15 is 0 Å². The van der Waals surface area contributed by atoms with Gasteiger partial charge < -0.3 is 10.4 Å². The second-order valence-electron chi connectivity index (χ2n) is 4.91. The lowest BCUT2D eigenvalue weighted by molar-refractivity contribution is -0.141. The first-order valence-corrected chi connectivity index (χ1v) is 7.14. The van der Waals surface area contributed by atoms with Crippen LogP contribution in [0, 0.1) is 5.92 Å². The van der Waals surface area contributed by atoms with Gasteiger partial charge in [0.2, 0.25) is 5.91 Å². The third-order valence-corrected chi connectivity index (χ3v) is 3.15. The van der Waals surface area contributed by atoms with Gasteiger partial charge in [-0.3, -0.25) is 4.79 Å². The summed E-state index contributed by atoms with van der Waals surface area (Å²) >= 11 is 3.33. The van der Waals surface area contributed by atoms with Crippen LogP contribution in [0.25, 0.3) is 6.08 Å². The molecule has 1 aromatic rings. The van der Waals surface area contributed by atoms with Gasteiger partial charge in [-0.25, -0.2) is 4.79 Å². The predicted molar refractivity (Wildman–Crippen MR) is 82.2 cm³/mol. The Hall–Kier alpha value is -1.62. The zero-order valence-electron chi connectivity index (χ0n) is 11.5. The molecule has 0 saturated carbocycles. The maximum atomic E-state index is 11.7. The summed E-state index contributed by atoms with van der Waals surface area (Å²) in [6, 6.07) is 6.61. The second-order valence-corrected chi connectivity index (χ2v) is 5.83. The number of carbonyl (C=O) groups is 2. The highest BCUT2D eigenvalue weighted by atomic mass is 79.9. The molecule has 0 fully saturated rings. The van der Waals surface area contributed by atoms with Gasteiger partial charge in [0.15, 0.2) is 0 Å². The van der Waals surface area contributed by atoms with Crippen LogP contribution in [0.2, 0.25) is 0 Å². The van der Waals surface area contributed by atoms with Gasteiger partial charge in [-0.2, -0.15) is 0 Å². The van der Waals surface area contributed by atoms with Gasteiger partial charge in [0.25, 0.3) is 0 Å². The molecule has 0 spiro atoms. The summed E-state index contributed by atoms with van der Waals surface area (Å²) in [5, 5.41) is 11.5. The van der Waals surface area contributed by atoms with Crippen molar-refractivity contribution in [1.29, 1.82) is 0 Å². The number of halogens is 1. The normalized spacial score (nSPS) is 12.6. The minimum absolute atomic E-state index is 0.201.